The molecule has 1 aromatic rings. The molecule has 4 atom stereocenters. The maximum absolute atomic E-state index is 12.4. The molecule has 20 heavy (non-hydrogen) atoms. The topological polar surface area (TPSA) is 59.0 Å². The van der Waals surface area contributed by atoms with Crippen LogP contribution in [0.15, 0.2) is 12.4 Å². The smallest absolute Gasteiger partial charge is 0.242 e. The molecule has 0 spiro atoms. The molecule has 3 rings (SSSR count). The molecule has 0 radical (unpaired) electrons. The van der Waals surface area contributed by atoms with Crippen LogP contribution >= 0.6 is 12.4 Å². The number of aryl methyl sites for hydroxylation is 1. The van der Waals surface area contributed by atoms with Crippen LogP contribution in [0.25, 0.3) is 0 Å². The summed E-state index contributed by atoms with van der Waals surface area (Å²) in [5.41, 5.74) is 0.922. The van der Waals surface area contributed by atoms with Crippen LogP contribution in [0.3, 0.4) is 0 Å². The number of nitrogens with one attached hydrogen (secondary N) is 2. The van der Waals surface area contributed by atoms with E-state index in [-0.39, 0.29) is 24.4 Å². The lowest BCUT2D eigenvalue weighted by Gasteiger charge is -2.25. The number of hydrogen-bond donors (Lipinski definition) is 2. The third-order valence-electron chi connectivity index (χ3n) is 4.67. The SMILES string of the molecule is CNC(C(=O)NC1CC2CCC1C2)c1cnn(C)c1.Cl. The number of amides is 1. The van der Waals surface area contributed by atoms with E-state index in [4.69, 9.17) is 0 Å². The highest BCUT2D eigenvalue weighted by atomic mass is 35.5. The van der Waals surface area contributed by atoms with Crippen molar-refractivity contribution in [2.75, 3.05) is 7.05 Å². The Bertz CT molecular complexity index is 475. The predicted octanol–water partition coefficient (Wildman–Crippen LogP) is 1.41. The number of rotatable bonds is 4. The molecule has 1 aromatic heterocycles. The first kappa shape index (κ1) is 15.3. The number of likely N-dealkylation sites (N-methyl/N-ethyl adjacent to an activating group) is 1. The molecule has 2 N–H and O–H groups in total. The lowest BCUT2D eigenvalue weighted by atomic mass is 9.95. The first-order chi connectivity index (χ1) is 9.17. The summed E-state index contributed by atoms with van der Waals surface area (Å²) in [6.45, 7) is 0. The summed E-state index contributed by atoms with van der Waals surface area (Å²) in [6.07, 6.45) is 8.76. The van der Waals surface area contributed by atoms with Crippen molar-refractivity contribution in [3.8, 4) is 0 Å². The fourth-order valence-electron chi connectivity index (χ4n) is 3.73. The number of fused-ring (bicyclic) bond motifs is 2. The van der Waals surface area contributed by atoms with Crippen molar-refractivity contribution in [1.29, 1.82) is 0 Å². The van der Waals surface area contributed by atoms with E-state index in [1.165, 1.54) is 25.7 Å². The van der Waals surface area contributed by atoms with E-state index in [0.29, 0.717) is 12.0 Å². The molecular weight excluding hydrogens is 276 g/mol. The third kappa shape index (κ3) is 2.83. The van der Waals surface area contributed by atoms with Gasteiger partial charge in [-0.2, -0.15) is 5.10 Å². The Balaban J connectivity index is 0.00000147. The van der Waals surface area contributed by atoms with Crippen LogP contribution in [0.2, 0.25) is 0 Å². The van der Waals surface area contributed by atoms with Gasteiger partial charge in [-0.05, 0) is 38.1 Å². The number of hydrogen-bond acceptors (Lipinski definition) is 3. The molecule has 0 aromatic carbocycles. The van der Waals surface area contributed by atoms with Crippen molar-refractivity contribution >= 4 is 18.3 Å². The molecule has 4 unspecified atom stereocenters. The van der Waals surface area contributed by atoms with Gasteiger partial charge in [-0.25, -0.2) is 0 Å². The molecule has 0 aliphatic heterocycles. The van der Waals surface area contributed by atoms with Gasteiger partial charge in [0.25, 0.3) is 0 Å². The molecule has 1 amide bonds. The normalized spacial score (nSPS) is 29.0. The Hall–Kier alpha value is -1.07. The van der Waals surface area contributed by atoms with Crippen LogP contribution in [0.4, 0.5) is 0 Å². The Kier molecular flexibility index (Phi) is 4.70. The highest BCUT2D eigenvalue weighted by Gasteiger charge is 2.40. The minimum atomic E-state index is -0.298. The summed E-state index contributed by atoms with van der Waals surface area (Å²) in [5, 5.41) is 10.4. The van der Waals surface area contributed by atoms with E-state index in [1.54, 1.807) is 10.9 Å². The summed E-state index contributed by atoms with van der Waals surface area (Å²) in [6, 6.07) is 0.0894. The lowest BCUT2D eigenvalue weighted by molar-refractivity contribution is -0.124. The minimum Gasteiger partial charge on any atom is -0.351 e. The van der Waals surface area contributed by atoms with Gasteiger partial charge in [-0.1, -0.05) is 6.42 Å². The Labute approximate surface area is 125 Å². The van der Waals surface area contributed by atoms with Crippen LogP contribution in [0.1, 0.15) is 37.3 Å². The summed E-state index contributed by atoms with van der Waals surface area (Å²) in [4.78, 5) is 12.4. The van der Waals surface area contributed by atoms with Crippen LogP contribution < -0.4 is 10.6 Å². The zero-order chi connectivity index (χ0) is 13.4. The molecular formula is C14H23ClN4O. The maximum atomic E-state index is 12.4. The monoisotopic (exact) mass is 298 g/mol. The molecule has 6 heteroatoms. The fraction of sp³-hybridized carbons (Fsp3) is 0.714. The second-order valence-corrected chi connectivity index (χ2v) is 5.96. The van der Waals surface area contributed by atoms with Crippen LogP contribution in [-0.4, -0.2) is 28.8 Å². The number of halogens is 1. The van der Waals surface area contributed by atoms with E-state index >= 15 is 0 Å². The van der Waals surface area contributed by atoms with Crippen molar-refractivity contribution in [3.63, 3.8) is 0 Å². The lowest BCUT2D eigenvalue weighted by Crippen LogP contribution is -2.44. The van der Waals surface area contributed by atoms with Gasteiger partial charge in [0.05, 0.1) is 6.20 Å². The maximum Gasteiger partial charge on any atom is 0.242 e. The molecule has 1 heterocycles. The predicted molar refractivity (Wildman–Crippen MR) is 79.6 cm³/mol. The van der Waals surface area contributed by atoms with Gasteiger partial charge in [0, 0.05) is 24.8 Å². The van der Waals surface area contributed by atoms with Gasteiger partial charge in [0.15, 0.2) is 0 Å². The van der Waals surface area contributed by atoms with Gasteiger partial charge < -0.3 is 10.6 Å². The second-order valence-electron chi connectivity index (χ2n) is 5.96. The van der Waals surface area contributed by atoms with Crippen molar-refractivity contribution in [2.45, 2.75) is 37.8 Å². The quantitative estimate of drug-likeness (QED) is 0.883. The Morgan fingerprint density at radius 3 is 2.75 bits per heavy atom. The zero-order valence-corrected chi connectivity index (χ0v) is 12.8. The molecule has 112 valence electrons. The largest absolute Gasteiger partial charge is 0.351 e. The van der Waals surface area contributed by atoms with E-state index < -0.39 is 0 Å². The highest BCUT2D eigenvalue weighted by molar-refractivity contribution is 5.85. The van der Waals surface area contributed by atoms with Gasteiger partial charge in [-0.3, -0.25) is 9.48 Å². The Morgan fingerprint density at radius 1 is 1.45 bits per heavy atom. The average Bonchev–Trinajstić information content (AvgIpc) is 3.07. The molecule has 2 bridgehead atoms. The van der Waals surface area contributed by atoms with Gasteiger partial charge in [0.1, 0.15) is 6.04 Å². The number of aromatic nitrogens is 2. The van der Waals surface area contributed by atoms with Gasteiger partial charge in [-0.15, -0.1) is 12.4 Å². The van der Waals surface area contributed by atoms with Crippen LogP contribution in [0.5, 0.6) is 0 Å². The summed E-state index contributed by atoms with van der Waals surface area (Å²) < 4.78 is 1.73. The van der Waals surface area contributed by atoms with Gasteiger partial charge >= 0.3 is 0 Å². The van der Waals surface area contributed by atoms with Crippen molar-refractivity contribution in [2.24, 2.45) is 18.9 Å². The summed E-state index contributed by atoms with van der Waals surface area (Å²) in [5.74, 6) is 1.63. The van der Waals surface area contributed by atoms with Crippen molar-refractivity contribution in [3.05, 3.63) is 18.0 Å². The second kappa shape index (κ2) is 6.14. The fourth-order valence-corrected chi connectivity index (χ4v) is 3.73. The molecule has 0 saturated heterocycles. The van der Waals surface area contributed by atoms with Gasteiger partial charge in [0.2, 0.25) is 5.91 Å². The molecule has 2 saturated carbocycles. The molecule has 2 fully saturated rings. The summed E-state index contributed by atoms with van der Waals surface area (Å²) >= 11 is 0. The van der Waals surface area contributed by atoms with Crippen molar-refractivity contribution < 1.29 is 4.79 Å². The molecule has 5 nitrogen and oxygen atoms in total. The van der Waals surface area contributed by atoms with E-state index in [2.05, 4.69) is 15.7 Å². The first-order valence-electron chi connectivity index (χ1n) is 7.13. The molecule has 2 aliphatic carbocycles. The van der Waals surface area contributed by atoms with Crippen molar-refractivity contribution in [1.82, 2.24) is 20.4 Å². The van der Waals surface area contributed by atoms with Crippen LogP contribution in [-0.2, 0) is 11.8 Å². The van der Waals surface area contributed by atoms with E-state index in [1.807, 2.05) is 20.3 Å². The third-order valence-corrected chi connectivity index (χ3v) is 4.67. The Morgan fingerprint density at radius 2 is 2.25 bits per heavy atom. The number of carbonyl (C=O) groups excluding carboxylic acids is 1. The highest BCUT2D eigenvalue weighted by Crippen LogP contribution is 2.44. The number of nitrogens with zero attached hydrogens (tertiary/aromatic N) is 2. The minimum absolute atomic E-state index is 0. The molecule has 2 aliphatic rings. The standard InChI is InChI=1S/C14H22N4O.ClH/c1-15-13(11-7-16-18(2)8-11)14(19)17-12-6-9-3-4-10(12)5-9;/h7-10,12-13,15H,3-6H2,1-2H3,(H,17,19);1H. The van der Waals surface area contributed by atoms with E-state index in [0.717, 1.165) is 11.5 Å². The van der Waals surface area contributed by atoms with Crippen LogP contribution in [0, 0.1) is 11.8 Å². The summed E-state index contributed by atoms with van der Waals surface area (Å²) in [7, 11) is 3.68. The zero-order valence-electron chi connectivity index (χ0n) is 12.0. The van der Waals surface area contributed by atoms with E-state index in [9.17, 15) is 4.79 Å². The number of carbonyl (C=O) groups is 1. The average molecular weight is 299 g/mol. The first-order valence-corrected chi connectivity index (χ1v) is 7.13.